The molecule has 0 bridgehead atoms. The number of carbonyl (C=O) groups is 1. The highest BCUT2D eigenvalue weighted by molar-refractivity contribution is 5.92. The van der Waals surface area contributed by atoms with Crippen LogP contribution in [0.2, 0.25) is 0 Å². The van der Waals surface area contributed by atoms with Crippen molar-refractivity contribution in [1.82, 2.24) is 15.6 Å². The van der Waals surface area contributed by atoms with Crippen LogP contribution < -0.4 is 16.0 Å². The molecule has 1 aliphatic rings. The Balaban J connectivity index is 2.01. The summed E-state index contributed by atoms with van der Waals surface area (Å²) in [5.74, 6) is -0.155. The summed E-state index contributed by atoms with van der Waals surface area (Å²) in [6.45, 7) is 2.07. The summed E-state index contributed by atoms with van der Waals surface area (Å²) in [5.41, 5.74) is 1.40. The highest BCUT2D eigenvalue weighted by atomic mass is 16.1. The molecule has 18 heavy (non-hydrogen) atoms. The molecule has 5 heteroatoms. The fraction of sp³-hybridized carbons (Fsp3) is 0.538. The van der Waals surface area contributed by atoms with Gasteiger partial charge >= 0.3 is 0 Å². The maximum absolute atomic E-state index is 11.5. The predicted octanol–water partition coefficient (Wildman–Crippen LogP) is 0.995. The van der Waals surface area contributed by atoms with E-state index in [1.807, 2.05) is 6.07 Å². The van der Waals surface area contributed by atoms with Gasteiger partial charge in [-0.15, -0.1) is 0 Å². The molecular weight excluding hydrogens is 228 g/mol. The Labute approximate surface area is 107 Å². The molecule has 2 heterocycles. The van der Waals surface area contributed by atoms with E-state index in [-0.39, 0.29) is 5.91 Å². The van der Waals surface area contributed by atoms with Crippen LogP contribution >= 0.6 is 0 Å². The van der Waals surface area contributed by atoms with Crippen molar-refractivity contribution < 1.29 is 4.79 Å². The first kappa shape index (κ1) is 12.8. The van der Waals surface area contributed by atoms with Crippen molar-refractivity contribution >= 4 is 11.6 Å². The van der Waals surface area contributed by atoms with E-state index in [0.717, 1.165) is 25.2 Å². The molecule has 1 unspecified atom stereocenters. The second-order valence-electron chi connectivity index (χ2n) is 4.55. The first-order valence-corrected chi connectivity index (χ1v) is 6.45. The Morgan fingerprint density at radius 3 is 3.22 bits per heavy atom. The van der Waals surface area contributed by atoms with E-state index in [2.05, 4.69) is 20.9 Å². The van der Waals surface area contributed by atoms with Gasteiger partial charge < -0.3 is 16.0 Å². The number of amides is 1. The number of nitrogens with one attached hydrogen (secondary N) is 3. The van der Waals surface area contributed by atoms with Crippen LogP contribution in [-0.2, 0) is 0 Å². The van der Waals surface area contributed by atoms with Gasteiger partial charge in [-0.25, -0.2) is 0 Å². The van der Waals surface area contributed by atoms with Crippen LogP contribution in [0.1, 0.15) is 29.8 Å². The van der Waals surface area contributed by atoms with E-state index in [1.54, 1.807) is 19.3 Å². The Morgan fingerprint density at radius 2 is 2.39 bits per heavy atom. The van der Waals surface area contributed by atoms with Crippen LogP contribution in [0.4, 0.5) is 5.69 Å². The fourth-order valence-corrected chi connectivity index (χ4v) is 2.15. The molecule has 98 valence electrons. The van der Waals surface area contributed by atoms with E-state index < -0.39 is 0 Å². The highest BCUT2D eigenvalue weighted by Gasteiger charge is 2.12. The first-order chi connectivity index (χ1) is 8.79. The third kappa shape index (κ3) is 3.43. The summed E-state index contributed by atoms with van der Waals surface area (Å²) in [4.78, 5) is 15.6. The van der Waals surface area contributed by atoms with Crippen LogP contribution in [0.15, 0.2) is 18.3 Å². The molecule has 1 aliphatic heterocycles. The van der Waals surface area contributed by atoms with Gasteiger partial charge in [0, 0.05) is 31.5 Å². The summed E-state index contributed by atoms with van der Waals surface area (Å²) >= 11 is 0. The van der Waals surface area contributed by atoms with E-state index in [0.29, 0.717) is 11.7 Å². The molecule has 2 rings (SSSR count). The number of hydrogen-bond acceptors (Lipinski definition) is 4. The second kappa shape index (κ2) is 6.35. The molecule has 0 saturated carbocycles. The summed E-state index contributed by atoms with van der Waals surface area (Å²) in [6.07, 6.45) is 5.29. The van der Waals surface area contributed by atoms with E-state index in [9.17, 15) is 4.79 Å². The maximum Gasteiger partial charge on any atom is 0.269 e. The molecule has 1 saturated heterocycles. The van der Waals surface area contributed by atoms with Gasteiger partial charge in [-0.1, -0.05) is 6.42 Å². The van der Waals surface area contributed by atoms with Crippen LogP contribution in [-0.4, -0.2) is 37.1 Å². The van der Waals surface area contributed by atoms with Gasteiger partial charge in [0.1, 0.15) is 5.69 Å². The topological polar surface area (TPSA) is 66.1 Å². The average Bonchev–Trinajstić information content (AvgIpc) is 2.67. The van der Waals surface area contributed by atoms with Gasteiger partial charge in [-0.05, 0) is 31.5 Å². The molecule has 3 N–H and O–H groups in total. The second-order valence-corrected chi connectivity index (χ2v) is 4.55. The number of rotatable bonds is 3. The van der Waals surface area contributed by atoms with Crippen molar-refractivity contribution in [2.45, 2.75) is 25.3 Å². The lowest BCUT2D eigenvalue weighted by molar-refractivity contribution is 0.0958. The van der Waals surface area contributed by atoms with Crippen LogP contribution in [0, 0.1) is 0 Å². The minimum absolute atomic E-state index is 0.155. The maximum atomic E-state index is 11.5. The summed E-state index contributed by atoms with van der Waals surface area (Å²) in [7, 11) is 1.61. The van der Waals surface area contributed by atoms with E-state index in [4.69, 9.17) is 0 Å². The van der Waals surface area contributed by atoms with Crippen molar-refractivity contribution in [3.63, 3.8) is 0 Å². The molecule has 0 aliphatic carbocycles. The van der Waals surface area contributed by atoms with Crippen LogP contribution in [0.3, 0.4) is 0 Å². The number of pyridine rings is 1. The lowest BCUT2D eigenvalue weighted by Crippen LogP contribution is -2.31. The predicted molar refractivity (Wildman–Crippen MR) is 71.8 cm³/mol. The van der Waals surface area contributed by atoms with Crippen molar-refractivity contribution in [3.05, 3.63) is 24.0 Å². The Bertz CT molecular complexity index is 400. The van der Waals surface area contributed by atoms with E-state index >= 15 is 0 Å². The first-order valence-electron chi connectivity index (χ1n) is 6.45. The number of hydrogen-bond donors (Lipinski definition) is 3. The molecule has 1 fully saturated rings. The lowest BCUT2D eigenvalue weighted by atomic mass is 10.1. The molecule has 0 radical (unpaired) electrons. The van der Waals surface area contributed by atoms with Gasteiger partial charge in [0.25, 0.3) is 5.91 Å². The fourth-order valence-electron chi connectivity index (χ4n) is 2.15. The zero-order valence-electron chi connectivity index (χ0n) is 10.7. The third-order valence-corrected chi connectivity index (χ3v) is 3.14. The van der Waals surface area contributed by atoms with Crippen molar-refractivity contribution in [3.8, 4) is 0 Å². The molecule has 5 nitrogen and oxygen atoms in total. The highest BCUT2D eigenvalue weighted by Crippen LogP contribution is 2.13. The zero-order valence-corrected chi connectivity index (χ0v) is 10.7. The number of aromatic nitrogens is 1. The molecule has 1 amide bonds. The summed E-state index contributed by atoms with van der Waals surface area (Å²) in [5, 5.41) is 9.45. The molecule has 1 aromatic rings. The van der Waals surface area contributed by atoms with Gasteiger partial charge in [-0.2, -0.15) is 0 Å². The number of nitrogens with zero attached hydrogens (tertiary/aromatic N) is 1. The SMILES string of the molecule is CNC(=O)c1cc(NC2CCCCNC2)ccn1. The third-order valence-electron chi connectivity index (χ3n) is 3.14. The smallest absolute Gasteiger partial charge is 0.269 e. The average molecular weight is 248 g/mol. The Morgan fingerprint density at radius 1 is 1.50 bits per heavy atom. The van der Waals surface area contributed by atoms with Crippen molar-refractivity contribution in [2.24, 2.45) is 0 Å². The molecule has 0 aromatic carbocycles. The van der Waals surface area contributed by atoms with Gasteiger partial charge in [-0.3, -0.25) is 9.78 Å². The van der Waals surface area contributed by atoms with E-state index in [1.165, 1.54) is 12.8 Å². The minimum atomic E-state index is -0.155. The van der Waals surface area contributed by atoms with Crippen LogP contribution in [0.25, 0.3) is 0 Å². The molecular formula is C13H20N4O. The standard InChI is InChI=1S/C13H20N4O/c1-14-13(18)12-8-10(5-7-16-12)17-11-4-2-3-6-15-9-11/h5,7-8,11,15H,2-4,6,9H2,1H3,(H,14,18)(H,16,17). The van der Waals surface area contributed by atoms with Crippen molar-refractivity contribution in [1.29, 1.82) is 0 Å². The zero-order chi connectivity index (χ0) is 12.8. The van der Waals surface area contributed by atoms with Crippen LogP contribution in [0.5, 0.6) is 0 Å². The minimum Gasteiger partial charge on any atom is -0.381 e. The lowest BCUT2D eigenvalue weighted by Gasteiger charge is -2.17. The monoisotopic (exact) mass is 248 g/mol. The Hall–Kier alpha value is -1.62. The summed E-state index contributed by atoms with van der Waals surface area (Å²) < 4.78 is 0. The number of carbonyl (C=O) groups excluding carboxylic acids is 1. The quantitative estimate of drug-likeness (QED) is 0.746. The number of anilines is 1. The normalized spacial score (nSPS) is 19.9. The van der Waals surface area contributed by atoms with Crippen molar-refractivity contribution in [2.75, 3.05) is 25.5 Å². The Kier molecular flexibility index (Phi) is 4.52. The molecule has 1 aromatic heterocycles. The van der Waals surface area contributed by atoms with Gasteiger partial charge in [0.15, 0.2) is 0 Å². The van der Waals surface area contributed by atoms with Gasteiger partial charge in [0.05, 0.1) is 0 Å². The molecule has 0 spiro atoms. The largest absolute Gasteiger partial charge is 0.381 e. The summed E-state index contributed by atoms with van der Waals surface area (Å²) in [6, 6.07) is 4.12. The van der Waals surface area contributed by atoms with Gasteiger partial charge in [0.2, 0.25) is 0 Å². The molecule has 1 atom stereocenters.